The van der Waals surface area contributed by atoms with Crippen LogP contribution in [0, 0.1) is 5.92 Å². The van der Waals surface area contributed by atoms with E-state index >= 15 is 0 Å². The van der Waals surface area contributed by atoms with Crippen molar-refractivity contribution in [2.24, 2.45) is 13.0 Å². The van der Waals surface area contributed by atoms with E-state index in [0.717, 1.165) is 31.2 Å². The largest absolute Gasteiger partial charge is 0.356 e. The molecule has 5 nitrogen and oxygen atoms in total. The van der Waals surface area contributed by atoms with Gasteiger partial charge >= 0.3 is 0 Å². The highest BCUT2D eigenvalue weighted by molar-refractivity contribution is 5.39. The number of hydrogen-bond acceptors (Lipinski definition) is 4. The minimum atomic E-state index is 0.624. The molecule has 2 aliphatic rings. The summed E-state index contributed by atoms with van der Waals surface area (Å²) in [5.74, 6) is 3.48. The van der Waals surface area contributed by atoms with Crippen LogP contribution in [0.5, 0.6) is 0 Å². The smallest absolute Gasteiger partial charge is 0.133 e. The number of anilines is 1. The van der Waals surface area contributed by atoms with Gasteiger partial charge in [-0.1, -0.05) is 0 Å². The van der Waals surface area contributed by atoms with Gasteiger partial charge in [-0.05, 0) is 43.2 Å². The zero-order valence-corrected chi connectivity index (χ0v) is 12.4. The summed E-state index contributed by atoms with van der Waals surface area (Å²) in [7, 11) is 1.98. The van der Waals surface area contributed by atoms with Crippen molar-refractivity contribution >= 4 is 5.82 Å². The van der Waals surface area contributed by atoms with Crippen molar-refractivity contribution in [3.8, 4) is 0 Å². The summed E-state index contributed by atoms with van der Waals surface area (Å²) in [6.45, 7) is 2.20. The monoisotopic (exact) mass is 283 g/mol. The van der Waals surface area contributed by atoms with E-state index < -0.39 is 0 Å². The van der Waals surface area contributed by atoms with Crippen LogP contribution in [0.3, 0.4) is 0 Å². The van der Waals surface area contributed by atoms with Crippen LogP contribution in [-0.2, 0) is 13.5 Å². The van der Waals surface area contributed by atoms with Gasteiger partial charge in [0.15, 0.2) is 0 Å². The van der Waals surface area contributed by atoms with E-state index in [9.17, 15) is 0 Å². The Morgan fingerprint density at radius 3 is 2.95 bits per heavy atom. The lowest BCUT2D eigenvalue weighted by molar-refractivity contribution is 0.585. The summed E-state index contributed by atoms with van der Waals surface area (Å²) in [5.41, 5.74) is 1.34. The first kappa shape index (κ1) is 12.8. The molecular formula is C16H21N5. The lowest BCUT2D eigenvalue weighted by Crippen LogP contribution is -2.21. The van der Waals surface area contributed by atoms with Crippen molar-refractivity contribution in [1.82, 2.24) is 19.7 Å². The summed E-state index contributed by atoms with van der Waals surface area (Å²) in [6, 6.07) is 2.05. The first-order valence-electron chi connectivity index (χ1n) is 7.83. The topological polar surface area (TPSA) is 46.8 Å². The van der Waals surface area contributed by atoms with Crippen LogP contribution < -0.4 is 4.90 Å². The molecule has 2 aromatic heterocycles. The lowest BCUT2D eigenvalue weighted by atomic mass is 10.0. The third kappa shape index (κ3) is 2.77. The van der Waals surface area contributed by atoms with Gasteiger partial charge in [-0.25, -0.2) is 9.97 Å². The molecule has 3 heterocycles. The van der Waals surface area contributed by atoms with E-state index in [1.165, 1.54) is 24.8 Å². The van der Waals surface area contributed by atoms with Crippen molar-refractivity contribution in [1.29, 1.82) is 0 Å². The number of nitrogens with zero attached hydrogens (tertiary/aromatic N) is 5. The predicted molar refractivity (Wildman–Crippen MR) is 81.2 cm³/mol. The highest BCUT2D eigenvalue weighted by Gasteiger charge is 2.28. The average molecular weight is 283 g/mol. The summed E-state index contributed by atoms with van der Waals surface area (Å²) >= 11 is 0. The fourth-order valence-electron chi connectivity index (χ4n) is 3.20. The highest BCUT2D eigenvalue weighted by atomic mass is 15.2. The Balaban J connectivity index is 1.42. The Labute approximate surface area is 125 Å². The molecule has 1 aliphatic heterocycles. The number of aromatic nitrogens is 4. The zero-order valence-electron chi connectivity index (χ0n) is 12.4. The highest BCUT2D eigenvalue weighted by Crippen LogP contribution is 2.38. The molecule has 1 unspecified atom stereocenters. The Kier molecular flexibility index (Phi) is 3.13. The summed E-state index contributed by atoms with van der Waals surface area (Å²) in [6.07, 6.45) is 10.9. The van der Waals surface area contributed by atoms with Crippen LogP contribution in [0.2, 0.25) is 0 Å². The van der Waals surface area contributed by atoms with Gasteiger partial charge in [-0.3, -0.25) is 4.68 Å². The molecule has 21 heavy (non-hydrogen) atoms. The molecule has 0 aromatic carbocycles. The van der Waals surface area contributed by atoms with E-state index in [2.05, 4.69) is 27.2 Å². The molecule has 1 saturated carbocycles. The standard InChI is InChI=1S/C16H21N5/c1-20-10-13(9-18-20)8-12-5-7-21(11-12)15-4-6-17-16(19-15)14-2-3-14/h4,6,9-10,12,14H,2-3,5,7-8,11H2,1H3. The van der Waals surface area contributed by atoms with E-state index in [4.69, 9.17) is 4.98 Å². The molecule has 0 spiro atoms. The average Bonchev–Trinajstić information content (AvgIpc) is 3.12. The molecule has 1 saturated heterocycles. The van der Waals surface area contributed by atoms with Gasteiger partial charge in [0.25, 0.3) is 0 Å². The van der Waals surface area contributed by atoms with Crippen LogP contribution in [0.15, 0.2) is 24.7 Å². The van der Waals surface area contributed by atoms with Gasteiger partial charge in [0, 0.05) is 38.4 Å². The molecule has 1 atom stereocenters. The van der Waals surface area contributed by atoms with Crippen LogP contribution >= 0.6 is 0 Å². The van der Waals surface area contributed by atoms with Gasteiger partial charge in [0.1, 0.15) is 11.6 Å². The molecular weight excluding hydrogens is 262 g/mol. The Morgan fingerprint density at radius 1 is 1.29 bits per heavy atom. The van der Waals surface area contributed by atoms with E-state index in [0.29, 0.717) is 11.8 Å². The lowest BCUT2D eigenvalue weighted by Gasteiger charge is -2.17. The van der Waals surface area contributed by atoms with Crippen molar-refractivity contribution in [2.75, 3.05) is 18.0 Å². The Morgan fingerprint density at radius 2 is 2.19 bits per heavy atom. The second-order valence-electron chi connectivity index (χ2n) is 6.37. The van der Waals surface area contributed by atoms with E-state index in [-0.39, 0.29) is 0 Å². The summed E-state index contributed by atoms with van der Waals surface area (Å²) < 4.78 is 1.88. The minimum absolute atomic E-state index is 0.624. The molecule has 1 aliphatic carbocycles. The SMILES string of the molecule is Cn1cc(CC2CCN(c3ccnc(C4CC4)n3)C2)cn1. The van der Waals surface area contributed by atoms with Crippen LogP contribution in [0.4, 0.5) is 5.82 Å². The molecule has 5 heteroatoms. The van der Waals surface area contributed by atoms with Crippen molar-refractivity contribution in [3.05, 3.63) is 36.0 Å². The summed E-state index contributed by atoms with van der Waals surface area (Å²) in [5, 5.41) is 4.26. The van der Waals surface area contributed by atoms with Crippen molar-refractivity contribution < 1.29 is 0 Å². The maximum absolute atomic E-state index is 4.76. The second kappa shape index (κ2) is 5.13. The Hall–Kier alpha value is -1.91. The third-order valence-corrected chi connectivity index (χ3v) is 4.49. The van der Waals surface area contributed by atoms with Gasteiger partial charge in [0.05, 0.1) is 6.20 Å². The minimum Gasteiger partial charge on any atom is -0.356 e. The first-order valence-corrected chi connectivity index (χ1v) is 7.83. The molecule has 0 bridgehead atoms. The number of rotatable bonds is 4. The molecule has 2 fully saturated rings. The zero-order chi connectivity index (χ0) is 14.2. The van der Waals surface area contributed by atoms with E-state index in [1.54, 1.807) is 0 Å². The van der Waals surface area contributed by atoms with Gasteiger partial charge < -0.3 is 4.90 Å². The molecule has 0 amide bonds. The quantitative estimate of drug-likeness (QED) is 0.862. The maximum atomic E-state index is 4.76. The number of hydrogen-bond donors (Lipinski definition) is 0. The van der Waals surface area contributed by atoms with E-state index in [1.807, 2.05) is 24.1 Å². The molecule has 0 N–H and O–H groups in total. The fourth-order valence-corrected chi connectivity index (χ4v) is 3.20. The molecule has 4 rings (SSSR count). The number of aryl methyl sites for hydroxylation is 1. The third-order valence-electron chi connectivity index (χ3n) is 4.49. The van der Waals surface area contributed by atoms with Crippen molar-refractivity contribution in [3.63, 3.8) is 0 Å². The molecule has 110 valence electrons. The van der Waals surface area contributed by atoms with Crippen LogP contribution in [-0.4, -0.2) is 32.8 Å². The fraction of sp³-hybridized carbons (Fsp3) is 0.562. The first-order chi connectivity index (χ1) is 10.3. The van der Waals surface area contributed by atoms with Gasteiger partial charge in [-0.2, -0.15) is 5.10 Å². The van der Waals surface area contributed by atoms with Crippen LogP contribution in [0.1, 0.15) is 36.6 Å². The van der Waals surface area contributed by atoms with Crippen LogP contribution in [0.25, 0.3) is 0 Å². The Bertz CT molecular complexity index is 631. The second-order valence-corrected chi connectivity index (χ2v) is 6.37. The molecule has 0 radical (unpaired) electrons. The van der Waals surface area contributed by atoms with Crippen molar-refractivity contribution in [2.45, 2.75) is 31.6 Å². The van der Waals surface area contributed by atoms with Gasteiger partial charge in [-0.15, -0.1) is 0 Å². The van der Waals surface area contributed by atoms with Gasteiger partial charge in [0.2, 0.25) is 0 Å². The predicted octanol–water partition coefficient (Wildman–Crippen LogP) is 2.16. The summed E-state index contributed by atoms with van der Waals surface area (Å²) in [4.78, 5) is 11.6. The molecule has 2 aromatic rings. The normalized spacial score (nSPS) is 22.0. The maximum Gasteiger partial charge on any atom is 0.133 e.